The van der Waals surface area contributed by atoms with Crippen LogP contribution in [0.3, 0.4) is 0 Å². The monoisotopic (exact) mass is 395 g/mol. The van der Waals surface area contributed by atoms with Gasteiger partial charge in [0.1, 0.15) is 0 Å². The first-order valence-electron chi connectivity index (χ1n) is 11.9. The van der Waals surface area contributed by atoms with E-state index in [0.717, 1.165) is 11.5 Å². The van der Waals surface area contributed by atoms with Gasteiger partial charge in [-0.25, -0.2) is 0 Å². The first kappa shape index (κ1) is 20.4. The molecular weight excluding hydrogens is 358 g/mol. The van der Waals surface area contributed by atoms with Crippen molar-refractivity contribution in [3.8, 4) is 22.6 Å². The molecule has 0 spiro atoms. The Morgan fingerprint density at radius 1 is 0.931 bits per heavy atom. The normalized spacial score (nSPS) is 16.5. The molecule has 158 valence electrons. The van der Waals surface area contributed by atoms with Gasteiger partial charge in [0.05, 0.1) is 0 Å². The quantitative estimate of drug-likeness (QED) is 0.408. The molecule has 0 unspecified atom stereocenters. The van der Waals surface area contributed by atoms with Gasteiger partial charge in [-0.3, -0.25) is 0 Å². The smallest absolute Gasteiger partial charge is 0.231 e. The minimum atomic E-state index is 0.339. The van der Waals surface area contributed by atoms with Crippen LogP contribution in [0.15, 0.2) is 24.4 Å². The molecule has 1 aromatic heterocycles. The Kier molecular flexibility index (Phi) is 6.84. The van der Waals surface area contributed by atoms with Gasteiger partial charge >= 0.3 is 0 Å². The Balaban J connectivity index is 1.57. The SMILES string of the molecule is CCCCCCCCc1cn(C2CCCCC2)c(C)c1-c1ccc2c(c1)OCO2. The molecule has 0 radical (unpaired) electrons. The molecule has 3 heteroatoms. The molecule has 0 atom stereocenters. The van der Waals surface area contributed by atoms with Crippen LogP contribution >= 0.6 is 0 Å². The first-order chi connectivity index (χ1) is 14.3. The van der Waals surface area contributed by atoms with Crippen LogP contribution in [0.4, 0.5) is 0 Å². The molecule has 0 N–H and O–H groups in total. The minimum Gasteiger partial charge on any atom is -0.454 e. The lowest BCUT2D eigenvalue weighted by Crippen LogP contribution is -2.13. The molecule has 29 heavy (non-hydrogen) atoms. The average molecular weight is 396 g/mol. The first-order valence-corrected chi connectivity index (χ1v) is 11.9. The van der Waals surface area contributed by atoms with Gasteiger partial charge in [0.15, 0.2) is 11.5 Å². The molecule has 1 fully saturated rings. The van der Waals surface area contributed by atoms with Crippen molar-refractivity contribution in [2.45, 2.75) is 96.9 Å². The number of benzene rings is 1. The van der Waals surface area contributed by atoms with Crippen LogP contribution in [0.5, 0.6) is 11.5 Å². The highest BCUT2D eigenvalue weighted by molar-refractivity contribution is 5.73. The number of ether oxygens (including phenoxy) is 2. The number of hydrogen-bond acceptors (Lipinski definition) is 2. The second kappa shape index (κ2) is 9.73. The zero-order chi connectivity index (χ0) is 20.1. The summed E-state index contributed by atoms with van der Waals surface area (Å²) in [6, 6.07) is 7.14. The standard InChI is InChI=1S/C26H37NO2/c1-3-4-5-6-7-9-12-22-18-27(23-13-10-8-11-14-23)20(2)26(22)21-15-16-24-25(17-21)29-19-28-24/h15-18,23H,3-14,19H2,1-2H3. The third-order valence-corrected chi connectivity index (χ3v) is 6.79. The predicted octanol–water partition coefficient (Wildman–Crippen LogP) is 7.60. The Morgan fingerprint density at radius 2 is 1.69 bits per heavy atom. The summed E-state index contributed by atoms with van der Waals surface area (Å²) in [5, 5.41) is 0. The number of nitrogens with zero attached hydrogens (tertiary/aromatic N) is 1. The maximum Gasteiger partial charge on any atom is 0.231 e. The topological polar surface area (TPSA) is 23.4 Å². The number of aryl methyl sites for hydroxylation is 1. The summed E-state index contributed by atoms with van der Waals surface area (Å²) in [7, 11) is 0. The molecule has 2 aliphatic rings. The molecule has 0 saturated heterocycles. The molecule has 4 rings (SSSR count). The number of unbranched alkanes of at least 4 members (excludes halogenated alkanes) is 5. The number of hydrogen-bond donors (Lipinski definition) is 0. The summed E-state index contributed by atoms with van der Waals surface area (Å²) in [5.74, 6) is 1.76. The molecule has 1 saturated carbocycles. The van der Waals surface area contributed by atoms with Gasteiger partial charge in [0.2, 0.25) is 6.79 Å². The van der Waals surface area contributed by atoms with E-state index in [4.69, 9.17) is 9.47 Å². The average Bonchev–Trinajstić information content (AvgIpc) is 3.35. The predicted molar refractivity (Wildman–Crippen MR) is 120 cm³/mol. The van der Waals surface area contributed by atoms with Gasteiger partial charge in [-0.15, -0.1) is 0 Å². The Hall–Kier alpha value is -1.90. The summed E-state index contributed by atoms with van der Waals surface area (Å²) in [6.45, 7) is 4.94. The zero-order valence-electron chi connectivity index (χ0n) is 18.3. The van der Waals surface area contributed by atoms with Crippen LogP contribution in [0.2, 0.25) is 0 Å². The van der Waals surface area contributed by atoms with Crippen molar-refractivity contribution in [1.82, 2.24) is 4.57 Å². The largest absolute Gasteiger partial charge is 0.454 e. The molecule has 2 aromatic rings. The fraction of sp³-hybridized carbons (Fsp3) is 0.615. The van der Waals surface area contributed by atoms with Crippen LogP contribution < -0.4 is 9.47 Å². The van der Waals surface area contributed by atoms with Gasteiger partial charge in [-0.05, 0) is 55.9 Å². The molecular formula is C26H37NO2. The lowest BCUT2D eigenvalue weighted by molar-refractivity contribution is 0.174. The number of rotatable bonds is 9. The summed E-state index contributed by atoms with van der Waals surface area (Å²) in [4.78, 5) is 0. The molecule has 2 heterocycles. The second-order valence-corrected chi connectivity index (χ2v) is 8.90. The van der Waals surface area contributed by atoms with Crippen LogP contribution in [0, 0.1) is 6.92 Å². The Labute approximate surface area is 176 Å². The van der Waals surface area contributed by atoms with Crippen LogP contribution in [-0.2, 0) is 6.42 Å². The molecule has 1 aliphatic carbocycles. The van der Waals surface area contributed by atoms with E-state index in [1.54, 1.807) is 0 Å². The number of aromatic nitrogens is 1. The van der Waals surface area contributed by atoms with E-state index in [1.807, 2.05) is 0 Å². The van der Waals surface area contributed by atoms with Gasteiger partial charge in [-0.2, -0.15) is 0 Å². The Morgan fingerprint density at radius 3 is 2.52 bits per heavy atom. The minimum absolute atomic E-state index is 0.339. The third-order valence-electron chi connectivity index (χ3n) is 6.79. The highest BCUT2D eigenvalue weighted by atomic mass is 16.7. The van der Waals surface area contributed by atoms with Crippen molar-refractivity contribution in [2.75, 3.05) is 6.79 Å². The van der Waals surface area contributed by atoms with Crippen LogP contribution in [0.1, 0.15) is 94.9 Å². The van der Waals surface area contributed by atoms with Crippen molar-refractivity contribution >= 4 is 0 Å². The summed E-state index contributed by atoms with van der Waals surface area (Å²) in [5.41, 5.74) is 5.66. The summed E-state index contributed by atoms with van der Waals surface area (Å²) in [6.07, 6.45) is 18.5. The van der Waals surface area contributed by atoms with E-state index < -0.39 is 0 Å². The highest BCUT2D eigenvalue weighted by Crippen LogP contribution is 2.41. The van der Waals surface area contributed by atoms with Crippen molar-refractivity contribution < 1.29 is 9.47 Å². The molecule has 0 bridgehead atoms. The third kappa shape index (κ3) is 4.65. The molecule has 1 aliphatic heterocycles. The fourth-order valence-electron chi connectivity index (χ4n) is 5.16. The molecule has 3 nitrogen and oxygen atoms in total. The van der Waals surface area contributed by atoms with Crippen LogP contribution in [0.25, 0.3) is 11.1 Å². The zero-order valence-corrected chi connectivity index (χ0v) is 18.3. The fourth-order valence-corrected chi connectivity index (χ4v) is 5.16. The molecule has 0 amide bonds. The Bertz CT molecular complexity index is 801. The summed E-state index contributed by atoms with van der Waals surface area (Å²) < 4.78 is 13.8. The van der Waals surface area contributed by atoms with E-state index in [9.17, 15) is 0 Å². The van der Waals surface area contributed by atoms with E-state index in [-0.39, 0.29) is 0 Å². The van der Waals surface area contributed by atoms with Gasteiger partial charge in [-0.1, -0.05) is 64.4 Å². The second-order valence-electron chi connectivity index (χ2n) is 8.90. The van der Waals surface area contributed by atoms with E-state index in [2.05, 4.69) is 42.8 Å². The van der Waals surface area contributed by atoms with Crippen molar-refractivity contribution in [2.24, 2.45) is 0 Å². The van der Waals surface area contributed by atoms with E-state index in [1.165, 1.54) is 99.4 Å². The maximum atomic E-state index is 5.67. The number of fused-ring (bicyclic) bond motifs is 1. The van der Waals surface area contributed by atoms with Crippen molar-refractivity contribution in [1.29, 1.82) is 0 Å². The van der Waals surface area contributed by atoms with Crippen LogP contribution in [-0.4, -0.2) is 11.4 Å². The van der Waals surface area contributed by atoms with Gasteiger partial charge in [0.25, 0.3) is 0 Å². The summed E-state index contributed by atoms with van der Waals surface area (Å²) >= 11 is 0. The van der Waals surface area contributed by atoms with Crippen molar-refractivity contribution in [3.63, 3.8) is 0 Å². The van der Waals surface area contributed by atoms with E-state index in [0.29, 0.717) is 12.8 Å². The highest BCUT2D eigenvalue weighted by Gasteiger charge is 2.23. The maximum absolute atomic E-state index is 5.67. The van der Waals surface area contributed by atoms with Gasteiger partial charge < -0.3 is 14.0 Å². The van der Waals surface area contributed by atoms with Gasteiger partial charge in [0, 0.05) is 23.5 Å². The lowest BCUT2D eigenvalue weighted by atomic mass is 9.95. The lowest BCUT2D eigenvalue weighted by Gasteiger charge is -2.25. The van der Waals surface area contributed by atoms with Crippen molar-refractivity contribution in [3.05, 3.63) is 35.7 Å². The molecule has 1 aromatic carbocycles. The van der Waals surface area contributed by atoms with E-state index >= 15 is 0 Å².